The predicted molar refractivity (Wildman–Crippen MR) is 253 cm³/mol. The van der Waals surface area contributed by atoms with E-state index in [1.807, 2.05) is 97.9 Å². The summed E-state index contributed by atoms with van der Waals surface area (Å²) in [5, 5.41) is 4.18. The van der Waals surface area contributed by atoms with Crippen LogP contribution in [0, 0.1) is 11.8 Å². The average Bonchev–Trinajstić information content (AvgIpc) is 3.37. The zero-order valence-corrected chi connectivity index (χ0v) is 41.3. The van der Waals surface area contributed by atoms with Crippen molar-refractivity contribution in [2.45, 2.75) is 147 Å². The van der Waals surface area contributed by atoms with Crippen LogP contribution < -0.4 is 0 Å². The van der Waals surface area contributed by atoms with Crippen molar-refractivity contribution in [1.82, 2.24) is 0 Å². The van der Waals surface area contributed by atoms with E-state index in [0.717, 1.165) is 11.1 Å². The van der Waals surface area contributed by atoms with Crippen molar-refractivity contribution in [3.63, 3.8) is 0 Å². The van der Waals surface area contributed by atoms with Gasteiger partial charge in [-0.05, 0) is 35.1 Å². The van der Waals surface area contributed by atoms with E-state index in [-0.39, 0.29) is 26.4 Å². The fourth-order valence-corrected chi connectivity index (χ4v) is 8.72. The summed E-state index contributed by atoms with van der Waals surface area (Å²) in [7, 11) is 1.20. The Morgan fingerprint density at radius 1 is 0.625 bits per heavy atom. The van der Waals surface area contributed by atoms with Gasteiger partial charge in [0.15, 0.2) is 31.1 Å². The molecular weight excluding hydrogens is 939 g/mol. The summed E-state index contributed by atoms with van der Waals surface area (Å²) in [6.07, 6.45) is -12.5. The number of esters is 4. The lowest BCUT2D eigenvalue weighted by Gasteiger charge is -2.50. The molecule has 3 aliphatic heterocycles. The van der Waals surface area contributed by atoms with Crippen LogP contribution in [0.2, 0.25) is 0 Å². The molecule has 15 atom stereocenters. The second kappa shape index (κ2) is 27.9. The third kappa shape index (κ3) is 15.4. The van der Waals surface area contributed by atoms with Gasteiger partial charge < -0.3 is 61.6 Å². The van der Waals surface area contributed by atoms with Crippen molar-refractivity contribution < 1.29 is 80.8 Å². The maximum atomic E-state index is 13.5. The van der Waals surface area contributed by atoms with Crippen molar-refractivity contribution in [3.05, 3.63) is 131 Å². The predicted octanol–water partition coefficient (Wildman–Crippen LogP) is 6.81. The summed E-state index contributed by atoms with van der Waals surface area (Å²) in [5.74, 6) is -4.22. The fourth-order valence-electron chi connectivity index (χ4n) is 8.72. The van der Waals surface area contributed by atoms with Crippen molar-refractivity contribution in [3.8, 4) is 0 Å². The summed E-state index contributed by atoms with van der Waals surface area (Å²) < 4.78 is 81.4. The number of allylic oxidation sites excluding steroid dienone is 1. The Balaban J connectivity index is 1.42. The Kier molecular flexibility index (Phi) is 21.5. The minimum atomic E-state index is -1.62. The highest BCUT2D eigenvalue weighted by molar-refractivity contribution is 5.75. The first-order valence-electron chi connectivity index (χ1n) is 23.9. The molecule has 20 nitrogen and oxygen atoms in total. The third-order valence-electron chi connectivity index (χ3n) is 12.2. The number of azide groups is 1. The number of unbranched alkanes of at least 4 members (excludes halogenated alkanes) is 1. The van der Waals surface area contributed by atoms with Gasteiger partial charge in [0.05, 0.1) is 39.6 Å². The number of methoxy groups -OCH3 is 1. The van der Waals surface area contributed by atoms with Gasteiger partial charge in [0.1, 0.15) is 43.2 Å². The van der Waals surface area contributed by atoms with Crippen LogP contribution in [0.25, 0.3) is 10.4 Å². The minimum absolute atomic E-state index is 0.0483. The van der Waals surface area contributed by atoms with E-state index in [1.54, 1.807) is 13.0 Å². The van der Waals surface area contributed by atoms with Gasteiger partial charge >= 0.3 is 23.9 Å². The van der Waals surface area contributed by atoms with Gasteiger partial charge in [0, 0.05) is 37.5 Å². The molecule has 3 aliphatic rings. The number of carbonyl (C=O) groups excluding carboxylic acids is 4. The summed E-state index contributed by atoms with van der Waals surface area (Å²) in [6, 6.07) is 26.2. The van der Waals surface area contributed by atoms with Gasteiger partial charge in [-0.3, -0.25) is 14.4 Å². The molecule has 0 aromatic heterocycles. The van der Waals surface area contributed by atoms with E-state index < -0.39 is 122 Å². The molecule has 390 valence electrons. The van der Waals surface area contributed by atoms with E-state index in [4.69, 9.17) is 61.6 Å². The van der Waals surface area contributed by atoms with Crippen LogP contribution >= 0.6 is 0 Å². The molecule has 0 aliphatic carbocycles. The van der Waals surface area contributed by atoms with Crippen molar-refractivity contribution >= 4 is 23.9 Å². The first-order chi connectivity index (χ1) is 34.8. The molecule has 6 rings (SSSR count). The number of ether oxygens (including phenoxy) is 13. The Labute approximate surface area is 419 Å². The second-order valence-electron chi connectivity index (χ2n) is 17.6. The topological polar surface area (TPSA) is 237 Å². The van der Waals surface area contributed by atoms with E-state index in [9.17, 15) is 24.7 Å². The highest BCUT2D eigenvalue weighted by Gasteiger charge is 2.57. The number of carbonyl (C=O) groups is 4. The van der Waals surface area contributed by atoms with Gasteiger partial charge in [-0.1, -0.05) is 116 Å². The van der Waals surface area contributed by atoms with Crippen LogP contribution in [-0.2, 0) is 101 Å². The molecule has 0 spiro atoms. The van der Waals surface area contributed by atoms with E-state index in [2.05, 4.69) is 16.6 Å². The van der Waals surface area contributed by atoms with Gasteiger partial charge in [-0.15, -0.1) is 6.58 Å². The lowest BCUT2D eigenvalue weighted by molar-refractivity contribution is -0.381. The molecule has 3 heterocycles. The number of hydrogen-bond acceptors (Lipinski definition) is 18. The quantitative estimate of drug-likeness (QED) is 0.0170. The number of hydrogen-bond donors (Lipinski definition) is 0. The van der Waals surface area contributed by atoms with Crippen molar-refractivity contribution in [2.24, 2.45) is 17.0 Å². The van der Waals surface area contributed by atoms with Crippen LogP contribution in [0.1, 0.15) is 64.2 Å². The molecule has 0 N–H and O–H groups in total. The van der Waals surface area contributed by atoms with Gasteiger partial charge in [0.2, 0.25) is 6.29 Å². The summed E-state index contributed by atoms with van der Waals surface area (Å²) in [6.45, 7) is 10.8. The van der Waals surface area contributed by atoms with Crippen LogP contribution in [0.5, 0.6) is 0 Å². The molecule has 72 heavy (non-hydrogen) atoms. The van der Waals surface area contributed by atoms with Crippen LogP contribution in [0.4, 0.5) is 0 Å². The highest BCUT2D eigenvalue weighted by atomic mass is 16.8. The molecule has 3 fully saturated rings. The van der Waals surface area contributed by atoms with Crippen LogP contribution in [0.3, 0.4) is 0 Å². The van der Waals surface area contributed by atoms with Crippen molar-refractivity contribution in [2.75, 3.05) is 20.3 Å². The molecule has 0 radical (unpaired) electrons. The Bertz CT molecular complexity index is 2240. The smallest absolute Gasteiger partial charge is 0.335 e. The largest absolute Gasteiger partial charge is 0.467 e. The lowest BCUT2D eigenvalue weighted by atomic mass is 9.89. The molecule has 0 amide bonds. The molecule has 3 aromatic carbocycles. The first-order valence-corrected chi connectivity index (χ1v) is 23.9. The molecule has 3 aromatic rings. The average molecular weight is 1000 g/mol. The normalized spacial score (nSPS) is 30.2. The molecule has 0 bridgehead atoms. The van der Waals surface area contributed by atoms with Crippen LogP contribution in [-0.4, -0.2) is 124 Å². The number of benzene rings is 3. The highest BCUT2D eigenvalue weighted by Crippen LogP contribution is 2.40. The SMILES string of the molecule is C=CCCCO[C@@H]1OC(OC(C)=O)[C@H](O[C@@H]2OC(COC(C)=O)[C@H](O[C@@H]3OC(C(=O)OC)[C@H](C)[C@@H](OCc4ccccc4)C3OC(C)=O)[C@H](OCc3ccccc3)C2N=[N+]=[N-])[C@H](OCc2ccccc2)C1C. The lowest BCUT2D eigenvalue weighted by Crippen LogP contribution is -2.66. The molecular formula is C52H65N3O17. The van der Waals surface area contributed by atoms with E-state index in [1.165, 1.54) is 27.9 Å². The summed E-state index contributed by atoms with van der Waals surface area (Å²) in [4.78, 5) is 55.0. The Hall–Kier alpha value is -5.77. The molecule has 3 saturated heterocycles. The van der Waals surface area contributed by atoms with Crippen LogP contribution in [0.15, 0.2) is 109 Å². The van der Waals surface area contributed by atoms with E-state index in [0.29, 0.717) is 18.4 Å². The minimum Gasteiger partial charge on any atom is -0.467 e. The number of nitrogens with zero attached hydrogens (tertiary/aromatic N) is 3. The number of rotatable bonds is 24. The van der Waals surface area contributed by atoms with Gasteiger partial charge in [-0.2, -0.15) is 0 Å². The van der Waals surface area contributed by atoms with Crippen molar-refractivity contribution in [1.29, 1.82) is 0 Å². The maximum Gasteiger partial charge on any atom is 0.335 e. The third-order valence-corrected chi connectivity index (χ3v) is 12.2. The Morgan fingerprint density at radius 2 is 1.17 bits per heavy atom. The molecule has 0 saturated carbocycles. The molecule has 6 unspecified atom stereocenters. The standard InChI is InChI=1S/C52H65N3O17/c1-8-9-19-26-61-49-32(3)42(64-28-37-22-15-11-16-23-37)47(51(72-49)67-35(6)58)71-50-40(54-55-53)45(65-29-38-24-17-12-18-25-38)44(39(68-50)30-62-33(4)56)70-52-46(66-34(5)57)41(31(2)43(69-52)48(59)60-7)63-27-36-20-13-10-14-21-36/h8,10-18,20-25,31-32,39-47,49-52H,1,9,19,26-30H2,2-7H3/t31-,32?,39?,40?,41-,42-,43?,44+,45-,46?,47-,49-,50+,51?,52+/m1/s1. The van der Waals surface area contributed by atoms with Gasteiger partial charge in [0.25, 0.3) is 0 Å². The monoisotopic (exact) mass is 1000 g/mol. The summed E-state index contributed by atoms with van der Waals surface area (Å²) >= 11 is 0. The first kappa shape index (κ1) is 55.5. The zero-order chi connectivity index (χ0) is 51.6. The Morgan fingerprint density at radius 3 is 1.68 bits per heavy atom. The molecule has 20 heteroatoms. The van der Waals surface area contributed by atoms with Gasteiger partial charge in [-0.25, -0.2) is 4.79 Å². The van der Waals surface area contributed by atoms with E-state index >= 15 is 0 Å². The maximum absolute atomic E-state index is 13.5. The summed E-state index contributed by atoms with van der Waals surface area (Å²) in [5.41, 5.74) is 12.6. The second-order valence-corrected chi connectivity index (χ2v) is 17.6. The fraction of sp³-hybridized carbons (Fsp3) is 0.538. The zero-order valence-electron chi connectivity index (χ0n) is 41.3.